The Balaban J connectivity index is 1.57. The van der Waals surface area contributed by atoms with Crippen molar-refractivity contribution in [1.82, 2.24) is 10.3 Å². The molecule has 0 aliphatic rings. The predicted octanol–water partition coefficient (Wildman–Crippen LogP) is 3.99. The van der Waals surface area contributed by atoms with Crippen molar-refractivity contribution in [2.24, 2.45) is 0 Å². The molecule has 146 valence electrons. The smallest absolute Gasteiger partial charge is 0.260 e. The molecule has 0 saturated carbocycles. The van der Waals surface area contributed by atoms with Gasteiger partial charge in [0.15, 0.2) is 16.8 Å². The number of carbonyl (C=O) groups excluding carboxylic acids is 2. The topological polar surface area (TPSA) is 84.2 Å². The van der Waals surface area contributed by atoms with Crippen LogP contribution < -0.4 is 10.6 Å². The molecule has 0 aliphatic carbocycles. The first-order valence-electron chi connectivity index (χ1n) is 8.37. The molecule has 1 atom stereocenters. The molecule has 3 aromatic rings. The van der Waals surface area contributed by atoms with Crippen LogP contribution in [0.4, 0.5) is 13.9 Å². The normalized spacial score (nSPS) is 11.9. The molecule has 6 nitrogen and oxygen atoms in total. The lowest BCUT2D eigenvalue weighted by atomic mass is 10.1. The summed E-state index contributed by atoms with van der Waals surface area (Å²) in [4.78, 5) is 28.6. The third-order valence-electron chi connectivity index (χ3n) is 4.04. The Morgan fingerprint density at radius 1 is 1.25 bits per heavy atom. The summed E-state index contributed by atoms with van der Waals surface area (Å²) in [5, 5.41) is 7.39. The van der Waals surface area contributed by atoms with E-state index in [1.54, 1.807) is 25.3 Å². The van der Waals surface area contributed by atoms with Crippen LogP contribution in [-0.4, -0.2) is 16.8 Å². The molecule has 0 bridgehead atoms. The van der Waals surface area contributed by atoms with Crippen molar-refractivity contribution in [1.29, 1.82) is 0 Å². The summed E-state index contributed by atoms with van der Waals surface area (Å²) in [5.41, 5.74) is 1.35. The fourth-order valence-electron chi connectivity index (χ4n) is 2.55. The van der Waals surface area contributed by atoms with Crippen molar-refractivity contribution in [3.8, 4) is 0 Å². The van der Waals surface area contributed by atoms with Gasteiger partial charge in [-0.15, -0.1) is 11.3 Å². The van der Waals surface area contributed by atoms with Gasteiger partial charge in [0.2, 0.25) is 5.91 Å². The monoisotopic (exact) mass is 405 g/mol. The average molecular weight is 405 g/mol. The molecular weight excluding hydrogens is 388 g/mol. The summed E-state index contributed by atoms with van der Waals surface area (Å²) in [6, 6.07) is 4.55. The summed E-state index contributed by atoms with van der Waals surface area (Å²) in [7, 11) is 0. The number of amides is 2. The number of carbonyl (C=O) groups is 2. The second kappa shape index (κ2) is 8.30. The molecule has 0 spiro atoms. The molecule has 0 aliphatic heterocycles. The SMILES string of the molecule is Cc1occc1C(=O)Nc1nc(CC(=O)NC(C)c2ccc(F)c(F)c2)cs1. The lowest BCUT2D eigenvalue weighted by Crippen LogP contribution is -2.28. The first kappa shape index (κ1) is 19.7. The lowest BCUT2D eigenvalue weighted by molar-refractivity contribution is -0.121. The summed E-state index contributed by atoms with van der Waals surface area (Å²) in [5.74, 6) is -2.08. The van der Waals surface area contributed by atoms with Gasteiger partial charge in [-0.25, -0.2) is 13.8 Å². The maximum Gasteiger partial charge on any atom is 0.260 e. The van der Waals surface area contributed by atoms with E-state index in [2.05, 4.69) is 15.6 Å². The number of halogens is 2. The number of hydrogen-bond acceptors (Lipinski definition) is 5. The van der Waals surface area contributed by atoms with E-state index >= 15 is 0 Å². The van der Waals surface area contributed by atoms with Crippen molar-refractivity contribution in [3.63, 3.8) is 0 Å². The Labute approximate surface area is 163 Å². The molecule has 2 N–H and O–H groups in total. The van der Waals surface area contributed by atoms with E-state index in [0.29, 0.717) is 27.7 Å². The molecule has 0 radical (unpaired) electrons. The number of nitrogens with zero attached hydrogens (tertiary/aromatic N) is 1. The zero-order chi connectivity index (χ0) is 20.3. The minimum Gasteiger partial charge on any atom is -0.469 e. The van der Waals surface area contributed by atoms with Crippen molar-refractivity contribution in [2.75, 3.05) is 5.32 Å². The minimum atomic E-state index is -0.966. The molecule has 1 unspecified atom stereocenters. The van der Waals surface area contributed by atoms with E-state index in [0.717, 1.165) is 12.1 Å². The van der Waals surface area contributed by atoms with Crippen LogP contribution in [-0.2, 0) is 11.2 Å². The van der Waals surface area contributed by atoms with E-state index < -0.39 is 17.7 Å². The Morgan fingerprint density at radius 2 is 2.04 bits per heavy atom. The van der Waals surface area contributed by atoms with Crippen LogP contribution in [0, 0.1) is 18.6 Å². The average Bonchev–Trinajstić information content (AvgIpc) is 3.25. The Hall–Kier alpha value is -3.07. The number of nitrogens with one attached hydrogen (secondary N) is 2. The highest BCUT2D eigenvalue weighted by atomic mass is 32.1. The molecule has 3 rings (SSSR count). The van der Waals surface area contributed by atoms with E-state index in [4.69, 9.17) is 4.42 Å². The zero-order valence-electron chi connectivity index (χ0n) is 15.1. The van der Waals surface area contributed by atoms with Crippen molar-refractivity contribution < 1.29 is 22.8 Å². The van der Waals surface area contributed by atoms with Gasteiger partial charge in [0, 0.05) is 5.38 Å². The van der Waals surface area contributed by atoms with Gasteiger partial charge in [-0.3, -0.25) is 14.9 Å². The highest BCUT2D eigenvalue weighted by Gasteiger charge is 2.16. The highest BCUT2D eigenvalue weighted by molar-refractivity contribution is 7.14. The van der Waals surface area contributed by atoms with E-state index in [1.165, 1.54) is 23.7 Å². The number of furan rings is 1. The van der Waals surface area contributed by atoms with Gasteiger partial charge in [-0.05, 0) is 37.6 Å². The van der Waals surface area contributed by atoms with Gasteiger partial charge in [0.05, 0.1) is 30.0 Å². The van der Waals surface area contributed by atoms with Crippen LogP contribution in [0.3, 0.4) is 0 Å². The second-order valence-corrected chi connectivity index (χ2v) is 6.99. The maximum absolute atomic E-state index is 13.3. The Bertz CT molecular complexity index is 1020. The molecular formula is C19H17F2N3O3S. The van der Waals surface area contributed by atoms with Crippen LogP contribution in [0.25, 0.3) is 0 Å². The van der Waals surface area contributed by atoms with Crippen molar-refractivity contribution in [3.05, 3.63) is 70.1 Å². The van der Waals surface area contributed by atoms with E-state index in [-0.39, 0.29) is 18.2 Å². The van der Waals surface area contributed by atoms with Gasteiger partial charge in [-0.2, -0.15) is 0 Å². The van der Waals surface area contributed by atoms with Crippen LogP contribution in [0.15, 0.2) is 40.3 Å². The van der Waals surface area contributed by atoms with Gasteiger partial charge in [-0.1, -0.05) is 6.07 Å². The summed E-state index contributed by atoms with van der Waals surface area (Å²) in [6.45, 7) is 3.35. The third-order valence-corrected chi connectivity index (χ3v) is 4.85. The maximum atomic E-state index is 13.3. The number of rotatable bonds is 6. The predicted molar refractivity (Wildman–Crippen MR) is 100 cm³/mol. The molecule has 28 heavy (non-hydrogen) atoms. The first-order chi connectivity index (χ1) is 13.3. The number of thiazole rings is 1. The Kier molecular flexibility index (Phi) is 5.84. The first-order valence-corrected chi connectivity index (χ1v) is 9.25. The van der Waals surface area contributed by atoms with Crippen LogP contribution in [0.2, 0.25) is 0 Å². The quantitative estimate of drug-likeness (QED) is 0.649. The third kappa shape index (κ3) is 4.61. The molecule has 2 heterocycles. The fraction of sp³-hybridized carbons (Fsp3) is 0.211. The fourth-order valence-corrected chi connectivity index (χ4v) is 3.26. The molecule has 0 fully saturated rings. The molecule has 1 aromatic carbocycles. The van der Waals surface area contributed by atoms with Gasteiger partial charge in [0.25, 0.3) is 5.91 Å². The lowest BCUT2D eigenvalue weighted by Gasteiger charge is -2.14. The molecule has 0 saturated heterocycles. The van der Waals surface area contributed by atoms with Crippen LogP contribution >= 0.6 is 11.3 Å². The van der Waals surface area contributed by atoms with Crippen molar-refractivity contribution in [2.45, 2.75) is 26.3 Å². The molecule has 9 heteroatoms. The summed E-state index contributed by atoms with van der Waals surface area (Å²) in [6.07, 6.45) is 1.42. The molecule has 2 aromatic heterocycles. The van der Waals surface area contributed by atoms with Gasteiger partial charge < -0.3 is 9.73 Å². The van der Waals surface area contributed by atoms with E-state index in [1.807, 2.05) is 0 Å². The number of aryl methyl sites for hydroxylation is 1. The van der Waals surface area contributed by atoms with Gasteiger partial charge >= 0.3 is 0 Å². The standard InChI is InChI=1S/C19H17F2N3O3S/c1-10(12-3-4-15(20)16(21)7-12)22-17(25)8-13-9-28-19(23-13)24-18(26)14-5-6-27-11(14)2/h3-7,9-10H,8H2,1-2H3,(H,22,25)(H,23,24,26). The largest absolute Gasteiger partial charge is 0.469 e. The highest BCUT2D eigenvalue weighted by Crippen LogP contribution is 2.19. The number of hydrogen-bond donors (Lipinski definition) is 2. The summed E-state index contributed by atoms with van der Waals surface area (Å²) >= 11 is 1.20. The van der Waals surface area contributed by atoms with Crippen LogP contribution in [0.5, 0.6) is 0 Å². The second-order valence-electron chi connectivity index (χ2n) is 6.13. The number of benzene rings is 1. The minimum absolute atomic E-state index is 0.00880. The number of aromatic nitrogens is 1. The Morgan fingerprint density at radius 3 is 2.71 bits per heavy atom. The van der Waals surface area contributed by atoms with Gasteiger partial charge in [0.1, 0.15) is 5.76 Å². The molecule has 2 amide bonds. The van der Waals surface area contributed by atoms with Crippen LogP contribution in [0.1, 0.15) is 40.3 Å². The van der Waals surface area contributed by atoms with E-state index in [9.17, 15) is 18.4 Å². The summed E-state index contributed by atoms with van der Waals surface area (Å²) < 4.78 is 31.4. The van der Waals surface area contributed by atoms with Crippen molar-refractivity contribution >= 4 is 28.3 Å². The number of anilines is 1. The zero-order valence-corrected chi connectivity index (χ0v) is 15.9.